The average Bonchev–Trinajstić information content (AvgIpc) is 2.83. The maximum Gasteiger partial charge on any atom is 0.275 e. The molecule has 2 rings (SSSR count). The number of rotatable bonds is 2. The molecule has 1 fully saturated rings. The van der Waals surface area contributed by atoms with Crippen LogP contribution < -0.4 is 5.32 Å². The van der Waals surface area contributed by atoms with Crippen LogP contribution in [0.25, 0.3) is 0 Å². The number of likely N-dealkylation sites (N-methyl/N-ethyl adjacent to an activating group) is 1. The topological polar surface area (TPSA) is 81.3 Å². The zero-order valence-electron chi connectivity index (χ0n) is 11.4. The van der Waals surface area contributed by atoms with Crippen molar-refractivity contribution >= 4 is 11.8 Å². The summed E-state index contributed by atoms with van der Waals surface area (Å²) in [6.45, 7) is 3.51. The van der Waals surface area contributed by atoms with Gasteiger partial charge >= 0.3 is 0 Å². The number of aromatic amines is 1. The number of nitrogens with zero attached hydrogens (tertiary/aromatic N) is 3. The van der Waals surface area contributed by atoms with E-state index in [2.05, 4.69) is 15.5 Å². The predicted octanol–water partition coefficient (Wildman–Crippen LogP) is -0.780. The minimum Gasteiger partial charge on any atom is -0.347 e. The van der Waals surface area contributed by atoms with Gasteiger partial charge in [-0.1, -0.05) is 0 Å². The van der Waals surface area contributed by atoms with Crippen molar-refractivity contribution in [3.8, 4) is 0 Å². The van der Waals surface area contributed by atoms with Crippen molar-refractivity contribution < 1.29 is 9.59 Å². The fourth-order valence-corrected chi connectivity index (χ4v) is 2.14. The van der Waals surface area contributed by atoms with E-state index in [0.29, 0.717) is 25.3 Å². The van der Waals surface area contributed by atoms with Crippen molar-refractivity contribution in [2.45, 2.75) is 13.0 Å². The van der Waals surface area contributed by atoms with E-state index in [4.69, 9.17) is 0 Å². The van der Waals surface area contributed by atoms with E-state index in [1.165, 1.54) is 4.90 Å². The van der Waals surface area contributed by atoms with Gasteiger partial charge in [-0.25, -0.2) is 0 Å². The summed E-state index contributed by atoms with van der Waals surface area (Å²) < 4.78 is 0. The Morgan fingerprint density at radius 2 is 2.21 bits per heavy atom. The number of aromatic nitrogens is 2. The van der Waals surface area contributed by atoms with Crippen molar-refractivity contribution in [1.29, 1.82) is 0 Å². The molecule has 2 amide bonds. The van der Waals surface area contributed by atoms with Gasteiger partial charge in [0.2, 0.25) is 5.91 Å². The number of hydrogen-bond acceptors (Lipinski definition) is 4. The number of hydrogen-bond donors (Lipinski definition) is 2. The van der Waals surface area contributed by atoms with Gasteiger partial charge in [-0.3, -0.25) is 14.7 Å². The number of carbonyl (C=O) groups excluding carboxylic acids is 2. The first-order chi connectivity index (χ1) is 9.00. The van der Waals surface area contributed by atoms with Gasteiger partial charge in [0.25, 0.3) is 5.91 Å². The quantitative estimate of drug-likeness (QED) is 0.735. The summed E-state index contributed by atoms with van der Waals surface area (Å²) in [5.41, 5.74) is 1.19. The molecule has 1 aliphatic heterocycles. The minimum atomic E-state index is -0.465. The van der Waals surface area contributed by atoms with Crippen LogP contribution in [0.1, 0.15) is 16.2 Å². The molecule has 7 nitrogen and oxygen atoms in total. The van der Waals surface area contributed by atoms with Crippen LogP contribution in [0.2, 0.25) is 0 Å². The van der Waals surface area contributed by atoms with Gasteiger partial charge in [0.05, 0.1) is 0 Å². The smallest absolute Gasteiger partial charge is 0.275 e. The fourth-order valence-electron chi connectivity index (χ4n) is 2.14. The Hall–Kier alpha value is -1.89. The molecule has 1 unspecified atom stereocenters. The molecule has 104 valence electrons. The van der Waals surface area contributed by atoms with Gasteiger partial charge in [-0.2, -0.15) is 5.10 Å². The van der Waals surface area contributed by atoms with Crippen molar-refractivity contribution in [2.24, 2.45) is 0 Å². The van der Waals surface area contributed by atoms with Crippen LogP contribution in [0.3, 0.4) is 0 Å². The first kappa shape index (κ1) is 13.5. The van der Waals surface area contributed by atoms with Gasteiger partial charge < -0.3 is 15.1 Å². The molecule has 7 heteroatoms. The summed E-state index contributed by atoms with van der Waals surface area (Å²) in [4.78, 5) is 27.6. The van der Waals surface area contributed by atoms with Gasteiger partial charge in [-0.05, 0) is 13.0 Å². The second-order valence-corrected chi connectivity index (χ2v) is 4.89. The van der Waals surface area contributed by atoms with Crippen LogP contribution in [0.15, 0.2) is 6.07 Å². The highest BCUT2D eigenvalue weighted by Crippen LogP contribution is 2.11. The van der Waals surface area contributed by atoms with E-state index in [9.17, 15) is 9.59 Å². The molecule has 2 N–H and O–H groups in total. The monoisotopic (exact) mass is 265 g/mol. The van der Waals surface area contributed by atoms with Crippen molar-refractivity contribution in [2.75, 3.05) is 33.7 Å². The maximum absolute atomic E-state index is 12.4. The van der Waals surface area contributed by atoms with E-state index >= 15 is 0 Å². The van der Waals surface area contributed by atoms with Crippen LogP contribution >= 0.6 is 0 Å². The Kier molecular flexibility index (Phi) is 3.84. The Labute approximate surface area is 111 Å². The number of aryl methyl sites for hydroxylation is 1. The molecular formula is C12H19N5O2. The lowest BCUT2D eigenvalue weighted by atomic mass is 10.1. The van der Waals surface area contributed by atoms with Crippen LogP contribution in [-0.2, 0) is 4.79 Å². The summed E-state index contributed by atoms with van der Waals surface area (Å²) >= 11 is 0. The Morgan fingerprint density at radius 1 is 1.47 bits per heavy atom. The third-order valence-electron chi connectivity index (χ3n) is 3.16. The van der Waals surface area contributed by atoms with Gasteiger partial charge in [0, 0.05) is 39.4 Å². The van der Waals surface area contributed by atoms with Crippen LogP contribution in [0.4, 0.5) is 0 Å². The Bertz CT molecular complexity index is 482. The van der Waals surface area contributed by atoms with Crippen molar-refractivity contribution in [3.05, 3.63) is 17.5 Å². The molecule has 0 spiro atoms. The molecule has 19 heavy (non-hydrogen) atoms. The standard InChI is InChI=1S/C12H19N5O2/c1-8-6-9(15-14-8)11(18)17-5-4-13-7-10(17)12(19)16(2)3/h6,10,13H,4-5,7H2,1-3H3,(H,14,15). The fraction of sp³-hybridized carbons (Fsp3) is 0.583. The highest BCUT2D eigenvalue weighted by Gasteiger charge is 2.34. The maximum atomic E-state index is 12.4. The van der Waals surface area contributed by atoms with Crippen molar-refractivity contribution in [1.82, 2.24) is 25.3 Å². The van der Waals surface area contributed by atoms with Gasteiger partial charge in [0.15, 0.2) is 0 Å². The molecule has 0 saturated carbocycles. The lowest BCUT2D eigenvalue weighted by molar-refractivity contribution is -0.134. The molecule has 1 aromatic rings. The molecule has 0 aliphatic carbocycles. The first-order valence-electron chi connectivity index (χ1n) is 6.25. The number of amides is 2. The second-order valence-electron chi connectivity index (χ2n) is 4.89. The largest absolute Gasteiger partial charge is 0.347 e. The number of H-pyrrole nitrogens is 1. The number of nitrogens with one attached hydrogen (secondary N) is 2. The van der Waals surface area contributed by atoms with E-state index in [0.717, 1.165) is 5.69 Å². The van der Waals surface area contributed by atoms with E-state index in [-0.39, 0.29) is 11.8 Å². The van der Waals surface area contributed by atoms with Crippen LogP contribution in [0, 0.1) is 6.92 Å². The molecule has 0 radical (unpaired) electrons. The van der Waals surface area contributed by atoms with E-state index in [1.807, 2.05) is 6.92 Å². The van der Waals surface area contributed by atoms with Crippen molar-refractivity contribution in [3.63, 3.8) is 0 Å². The molecular weight excluding hydrogens is 246 g/mol. The summed E-state index contributed by atoms with van der Waals surface area (Å²) in [6, 6.07) is 1.23. The molecule has 0 aromatic carbocycles. The SMILES string of the molecule is Cc1cc(C(=O)N2CCNCC2C(=O)N(C)C)n[nH]1. The summed E-state index contributed by atoms with van der Waals surface area (Å²) in [6.07, 6.45) is 0. The molecule has 1 saturated heterocycles. The summed E-state index contributed by atoms with van der Waals surface area (Å²) in [5.74, 6) is -0.279. The third-order valence-corrected chi connectivity index (χ3v) is 3.16. The highest BCUT2D eigenvalue weighted by atomic mass is 16.2. The molecule has 1 aliphatic rings. The summed E-state index contributed by atoms with van der Waals surface area (Å²) in [7, 11) is 3.39. The normalized spacial score (nSPS) is 19.3. The molecule has 1 atom stereocenters. The van der Waals surface area contributed by atoms with E-state index in [1.54, 1.807) is 25.1 Å². The molecule has 1 aromatic heterocycles. The minimum absolute atomic E-state index is 0.0761. The third kappa shape index (κ3) is 2.76. The first-order valence-corrected chi connectivity index (χ1v) is 6.25. The number of piperazine rings is 1. The predicted molar refractivity (Wildman–Crippen MR) is 69.7 cm³/mol. The zero-order chi connectivity index (χ0) is 14.0. The average molecular weight is 265 g/mol. The Morgan fingerprint density at radius 3 is 2.79 bits per heavy atom. The molecule has 0 bridgehead atoms. The van der Waals surface area contributed by atoms with Crippen LogP contribution in [0.5, 0.6) is 0 Å². The van der Waals surface area contributed by atoms with Gasteiger partial charge in [-0.15, -0.1) is 0 Å². The molecule has 2 heterocycles. The van der Waals surface area contributed by atoms with E-state index < -0.39 is 6.04 Å². The summed E-state index contributed by atoms with van der Waals surface area (Å²) in [5, 5.41) is 9.86. The Balaban J connectivity index is 2.20. The lowest BCUT2D eigenvalue weighted by Gasteiger charge is -2.36. The highest BCUT2D eigenvalue weighted by molar-refractivity contribution is 5.96. The zero-order valence-corrected chi connectivity index (χ0v) is 11.4. The lowest BCUT2D eigenvalue weighted by Crippen LogP contribution is -2.59. The second kappa shape index (κ2) is 5.40. The van der Waals surface area contributed by atoms with Gasteiger partial charge in [0.1, 0.15) is 11.7 Å². The number of carbonyl (C=O) groups is 2. The van der Waals surface area contributed by atoms with Crippen LogP contribution in [-0.4, -0.2) is 71.6 Å².